The topological polar surface area (TPSA) is 34.9 Å². The number of aryl methyl sites for hydroxylation is 2. The summed E-state index contributed by atoms with van der Waals surface area (Å²) in [5.41, 5.74) is 0.524. The lowest BCUT2D eigenvalue weighted by Crippen LogP contribution is -2.24. The minimum Gasteiger partial charge on any atom is -0.296 e. The first-order valence-corrected chi connectivity index (χ1v) is 4.52. The average molecular weight is 282 g/mol. The van der Waals surface area contributed by atoms with Crippen LogP contribution in [0.1, 0.15) is 5.69 Å². The van der Waals surface area contributed by atoms with Gasteiger partial charge in [-0.2, -0.15) is 0 Å². The molecule has 0 aliphatic carbocycles. The zero-order valence-corrected chi connectivity index (χ0v) is 8.71. The Balaban J connectivity index is 3.18. The van der Waals surface area contributed by atoms with E-state index in [1.54, 1.807) is 6.92 Å². The first kappa shape index (κ1) is 9.63. The molecule has 0 aliphatic heterocycles. The fourth-order valence-electron chi connectivity index (χ4n) is 0.797. The number of rotatable bonds is 2. The summed E-state index contributed by atoms with van der Waals surface area (Å²) in [6, 6.07) is 0. The predicted octanol–water partition coefficient (Wildman–Crippen LogP) is 1.13. The highest BCUT2D eigenvalue weighted by Crippen LogP contribution is 2.00. The lowest BCUT2D eigenvalue weighted by atomic mass is 10.4. The van der Waals surface area contributed by atoms with Crippen LogP contribution in [0.2, 0.25) is 0 Å². The maximum absolute atomic E-state index is 11.9. The molecule has 0 amide bonds. The third-order valence-electron chi connectivity index (χ3n) is 1.48. The highest BCUT2D eigenvalue weighted by atomic mass is 127. The molecule has 0 spiro atoms. The molecule has 0 aliphatic rings. The highest BCUT2D eigenvalue weighted by Gasteiger charge is 2.03. The zero-order valence-electron chi connectivity index (χ0n) is 6.55. The van der Waals surface area contributed by atoms with Crippen LogP contribution in [-0.4, -0.2) is 16.2 Å². The van der Waals surface area contributed by atoms with Gasteiger partial charge in [0.1, 0.15) is 6.67 Å². The van der Waals surface area contributed by atoms with E-state index in [1.165, 1.54) is 10.9 Å². The molecule has 0 aromatic carbocycles. The Morgan fingerprint density at radius 1 is 1.75 bits per heavy atom. The molecule has 0 saturated heterocycles. The van der Waals surface area contributed by atoms with E-state index < -0.39 is 6.67 Å². The first-order valence-electron chi connectivity index (χ1n) is 3.44. The molecule has 0 radical (unpaired) electrons. The number of halogens is 2. The molecule has 3 nitrogen and oxygen atoms in total. The van der Waals surface area contributed by atoms with Gasteiger partial charge in [0, 0.05) is 0 Å². The molecule has 0 fully saturated rings. The SMILES string of the molecule is Cc1ncn(CCF)c(=O)c1I. The molecular formula is C7H8FIN2O. The number of nitrogens with zero attached hydrogens (tertiary/aromatic N) is 2. The Morgan fingerprint density at radius 2 is 2.42 bits per heavy atom. The van der Waals surface area contributed by atoms with Gasteiger partial charge in [-0.3, -0.25) is 9.36 Å². The molecular weight excluding hydrogens is 274 g/mol. The summed E-state index contributed by atoms with van der Waals surface area (Å²) in [6.45, 7) is 1.30. The van der Waals surface area contributed by atoms with Gasteiger partial charge in [0.25, 0.3) is 5.56 Å². The Bertz CT molecular complexity index is 337. The van der Waals surface area contributed by atoms with Crippen molar-refractivity contribution in [2.24, 2.45) is 0 Å². The quantitative estimate of drug-likeness (QED) is 0.762. The van der Waals surface area contributed by atoms with Crippen LogP contribution < -0.4 is 5.56 Å². The van der Waals surface area contributed by atoms with E-state index in [2.05, 4.69) is 4.98 Å². The van der Waals surface area contributed by atoms with Gasteiger partial charge in [0.2, 0.25) is 0 Å². The third-order valence-corrected chi connectivity index (χ3v) is 2.72. The number of hydrogen-bond acceptors (Lipinski definition) is 2. The van der Waals surface area contributed by atoms with Crippen molar-refractivity contribution in [3.8, 4) is 0 Å². The Morgan fingerprint density at radius 3 is 3.00 bits per heavy atom. The molecule has 66 valence electrons. The van der Waals surface area contributed by atoms with Crippen molar-refractivity contribution in [3.05, 3.63) is 25.9 Å². The van der Waals surface area contributed by atoms with Gasteiger partial charge in [-0.1, -0.05) is 0 Å². The summed E-state index contributed by atoms with van der Waals surface area (Å²) < 4.78 is 13.7. The molecule has 0 atom stereocenters. The molecule has 5 heteroatoms. The molecule has 1 heterocycles. The average Bonchev–Trinajstić information content (AvgIpc) is 2.07. The van der Waals surface area contributed by atoms with Crippen LogP contribution in [-0.2, 0) is 6.54 Å². The fourth-order valence-corrected chi connectivity index (χ4v) is 1.25. The van der Waals surface area contributed by atoms with Gasteiger partial charge in [-0.05, 0) is 29.5 Å². The summed E-state index contributed by atoms with van der Waals surface area (Å²) in [6.07, 6.45) is 1.37. The summed E-state index contributed by atoms with van der Waals surface area (Å²) in [5.74, 6) is 0. The van der Waals surface area contributed by atoms with E-state index in [-0.39, 0.29) is 12.1 Å². The van der Waals surface area contributed by atoms with Crippen molar-refractivity contribution in [1.29, 1.82) is 0 Å². The summed E-state index contributed by atoms with van der Waals surface area (Å²) >= 11 is 1.92. The van der Waals surface area contributed by atoms with Crippen molar-refractivity contribution >= 4 is 22.6 Å². The van der Waals surface area contributed by atoms with E-state index in [4.69, 9.17) is 0 Å². The second kappa shape index (κ2) is 3.97. The van der Waals surface area contributed by atoms with Gasteiger partial charge < -0.3 is 0 Å². The van der Waals surface area contributed by atoms with E-state index in [1.807, 2.05) is 22.6 Å². The van der Waals surface area contributed by atoms with E-state index >= 15 is 0 Å². The monoisotopic (exact) mass is 282 g/mol. The third kappa shape index (κ3) is 1.82. The first-order chi connectivity index (χ1) is 5.66. The number of aromatic nitrogens is 2. The van der Waals surface area contributed by atoms with Gasteiger partial charge in [0.15, 0.2) is 0 Å². The van der Waals surface area contributed by atoms with Gasteiger partial charge in [-0.15, -0.1) is 0 Å². The minimum atomic E-state index is -0.541. The smallest absolute Gasteiger partial charge is 0.267 e. The predicted molar refractivity (Wildman–Crippen MR) is 51.9 cm³/mol. The molecule has 12 heavy (non-hydrogen) atoms. The Kier molecular flexibility index (Phi) is 3.19. The van der Waals surface area contributed by atoms with E-state index in [0.29, 0.717) is 9.26 Å². The van der Waals surface area contributed by atoms with Crippen LogP contribution in [0.4, 0.5) is 4.39 Å². The molecule has 1 aromatic rings. The second-order valence-electron chi connectivity index (χ2n) is 2.33. The maximum atomic E-state index is 11.9. The van der Waals surface area contributed by atoms with Crippen molar-refractivity contribution in [2.75, 3.05) is 6.67 Å². The summed E-state index contributed by atoms with van der Waals surface area (Å²) in [5, 5.41) is 0. The van der Waals surface area contributed by atoms with Gasteiger partial charge >= 0.3 is 0 Å². The van der Waals surface area contributed by atoms with Crippen molar-refractivity contribution in [2.45, 2.75) is 13.5 Å². The maximum Gasteiger partial charge on any atom is 0.267 e. The van der Waals surface area contributed by atoms with Crippen molar-refractivity contribution in [1.82, 2.24) is 9.55 Å². The van der Waals surface area contributed by atoms with Crippen LogP contribution in [0.3, 0.4) is 0 Å². The van der Waals surface area contributed by atoms with E-state index in [9.17, 15) is 9.18 Å². The van der Waals surface area contributed by atoms with Crippen molar-refractivity contribution < 1.29 is 4.39 Å². The molecule has 0 unspecified atom stereocenters. The Hall–Kier alpha value is -0.460. The summed E-state index contributed by atoms with van der Waals surface area (Å²) in [7, 11) is 0. The van der Waals surface area contributed by atoms with Gasteiger partial charge in [-0.25, -0.2) is 9.37 Å². The number of alkyl halides is 1. The van der Waals surface area contributed by atoms with Gasteiger partial charge in [0.05, 0.1) is 22.1 Å². The lowest BCUT2D eigenvalue weighted by molar-refractivity contribution is 0.437. The normalized spacial score (nSPS) is 10.2. The number of hydrogen-bond donors (Lipinski definition) is 0. The zero-order chi connectivity index (χ0) is 9.14. The summed E-state index contributed by atoms with van der Waals surface area (Å²) in [4.78, 5) is 15.3. The fraction of sp³-hybridized carbons (Fsp3) is 0.429. The molecule has 1 aromatic heterocycles. The van der Waals surface area contributed by atoms with Crippen LogP contribution in [0, 0.1) is 10.5 Å². The van der Waals surface area contributed by atoms with Crippen LogP contribution in [0.15, 0.2) is 11.1 Å². The van der Waals surface area contributed by atoms with Crippen LogP contribution in [0.25, 0.3) is 0 Å². The lowest BCUT2D eigenvalue weighted by Gasteiger charge is -2.02. The largest absolute Gasteiger partial charge is 0.296 e. The standard InChI is InChI=1S/C7H8FIN2O/c1-5-6(9)7(12)11(3-2-8)4-10-5/h4H,2-3H2,1H3. The van der Waals surface area contributed by atoms with E-state index in [0.717, 1.165) is 0 Å². The van der Waals surface area contributed by atoms with Crippen molar-refractivity contribution in [3.63, 3.8) is 0 Å². The Labute approximate surface area is 82.8 Å². The minimum absolute atomic E-state index is 0.0854. The molecule has 0 N–H and O–H groups in total. The molecule has 1 rings (SSSR count). The highest BCUT2D eigenvalue weighted by molar-refractivity contribution is 14.1. The molecule has 0 bridgehead atoms. The van der Waals surface area contributed by atoms with Crippen LogP contribution in [0.5, 0.6) is 0 Å². The van der Waals surface area contributed by atoms with Crippen LogP contribution >= 0.6 is 22.6 Å². The second-order valence-corrected chi connectivity index (χ2v) is 3.41. The molecule has 0 saturated carbocycles.